The molecule has 2 aromatic rings. The van der Waals surface area contributed by atoms with Gasteiger partial charge in [0.15, 0.2) is 0 Å². The van der Waals surface area contributed by atoms with Crippen molar-refractivity contribution in [3.05, 3.63) is 71.8 Å². The highest BCUT2D eigenvalue weighted by molar-refractivity contribution is 5.73. The molecule has 2 aromatic carbocycles. The van der Waals surface area contributed by atoms with Crippen LogP contribution >= 0.6 is 0 Å². The third kappa shape index (κ3) is 5.66. The average Bonchev–Trinajstić information content (AvgIpc) is 2.48. The summed E-state index contributed by atoms with van der Waals surface area (Å²) in [5, 5.41) is 7.12. The first-order valence-electron chi connectivity index (χ1n) is 5.98. The molecular formula is C15H14F3NO2. The van der Waals surface area contributed by atoms with Crippen LogP contribution in [0, 0.1) is 0 Å². The van der Waals surface area contributed by atoms with Gasteiger partial charge in [0.05, 0.1) is 6.04 Å². The number of carboxylic acid groups (broad SMARTS) is 1. The van der Waals surface area contributed by atoms with Gasteiger partial charge in [-0.15, -0.1) is 0 Å². The third-order valence-corrected chi connectivity index (χ3v) is 2.56. The van der Waals surface area contributed by atoms with Crippen LogP contribution in [0.15, 0.2) is 60.7 Å². The van der Waals surface area contributed by atoms with E-state index in [2.05, 4.69) is 24.3 Å². The van der Waals surface area contributed by atoms with Crippen LogP contribution in [0.2, 0.25) is 0 Å². The van der Waals surface area contributed by atoms with Gasteiger partial charge in [0.1, 0.15) is 0 Å². The highest BCUT2D eigenvalue weighted by atomic mass is 19.4. The summed E-state index contributed by atoms with van der Waals surface area (Å²) in [5.74, 6) is -2.76. The van der Waals surface area contributed by atoms with E-state index in [0.29, 0.717) is 0 Å². The molecule has 0 saturated heterocycles. The Morgan fingerprint density at radius 2 is 1.19 bits per heavy atom. The summed E-state index contributed by atoms with van der Waals surface area (Å²) in [7, 11) is 0. The zero-order valence-corrected chi connectivity index (χ0v) is 10.9. The van der Waals surface area contributed by atoms with Crippen molar-refractivity contribution in [1.82, 2.24) is 0 Å². The van der Waals surface area contributed by atoms with E-state index >= 15 is 0 Å². The van der Waals surface area contributed by atoms with Gasteiger partial charge in [-0.25, -0.2) is 4.79 Å². The van der Waals surface area contributed by atoms with Gasteiger partial charge in [-0.1, -0.05) is 60.7 Å². The predicted molar refractivity (Wildman–Crippen MR) is 72.6 cm³/mol. The molecule has 0 unspecified atom stereocenters. The minimum atomic E-state index is -5.08. The van der Waals surface area contributed by atoms with E-state index in [9.17, 15) is 13.2 Å². The van der Waals surface area contributed by atoms with Crippen LogP contribution in [-0.2, 0) is 4.79 Å². The Labute approximate surface area is 119 Å². The number of aliphatic carboxylic acids is 1. The fourth-order valence-corrected chi connectivity index (χ4v) is 1.51. The van der Waals surface area contributed by atoms with Crippen LogP contribution in [0.3, 0.4) is 0 Å². The third-order valence-electron chi connectivity index (χ3n) is 2.56. The standard InChI is InChI=1S/C13H13N.C2HF3O2/c14-13(11-7-3-1-4-8-11)12-9-5-2-6-10-12;3-2(4,5)1(6)7/h1-10,13H,14H2;(H,6,7). The lowest BCUT2D eigenvalue weighted by atomic mass is 10.00. The molecule has 0 bridgehead atoms. The monoisotopic (exact) mass is 297 g/mol. The highest BCUT2D eigenvalue weighted by Gasteiger charge is 2.38. The lowest BCUT2D eigenvalue weighted by Gasteiger charge is -2.11. The zero-order valence-electron chi connectivity index (χ0n) is 10.9. The maximum atomic E-state index is 10.6. The SMILES string of the molecule is NC(c1ccccc1)c1ccccc1.O=C(O)C(F)(F)F. The quantitative estimate of drug-likeness (QED) is 0.893. The largest absolute Gasteiger partial charge is 0.490 e. The van der Waals surface area contributed by atoms with Crippen molar-refractivity contribution in [2.24, 2.45) is 5.73 Å². The Hall–Kier alpha value is -2.34. The van der Waals surface area contributed by atoms with Crippen LogP contribution in [0.5, 0.6) is 0 Å². The van der Waals surface area contributed by atoms with Gasteiger partial charge in [0.2, 0.25) is 0 Å². The molecule has 3 N–H and O–H groups in total. The summed E-state index contributed by atoms with van der Waals surface area (Å²) in [6, 6.07) is 20.2. The Morgan fingerprint density at radius 1 is 0.905 bits per heavy atom. The lowest BCUT2D eigenvalue weighted by Crippen LogP contribution is -2.21. The summed E-state index contributed by atoms with van der Waals surface area (Å²) in [6.07, 6.45) is -5.08. The Balaban J connectivity index is 0.000000270. The maximum absolute atomic E-state index is 10.6. The van der Waals surface area contributed by atoms with Crippen molar-refractivity contribution in [2.45, 2.75) is 12.2 Å². The molecular weight excluding hydrogens is 283 g/mol. The van der Waals surface area contributed by atoms with E-state index in [4.69, 9.17) is 15.6 Å². The zero-order chi connectivity index (χ0) is 15.9. The van der Waals surface area contributed by atoms with Gasteiger partial charge in [0, 0.05) is 0 Å². The molecule has 0 spiro atoms. The first-order chi connectivity index (χ1) is 9.82. The predicted octanol–water partition coefficient (Wildman–Crippen LogP) is 3.37. The normalized spacial score (nSPS) is 10.7. The molecule has 6 heteroatoms. The number of carbonyl (C=O) groups is 1. The average molecular weight is 297 g/mol. The van der Waals surface area contributed by atoms with Crippen molar-refractivity contribution in [2.75, 3.05) is 0 Å². The summed E-state index contributed by atoms with van der Waals surface area (Å²) < 4.78 is 31.7. The fourth-order valence-electron chi connectivity index (χ4n) is 1.51. The first kappa shape index (κ1) is 16.7. The topological polar surface area (TPSA) is 63.3 Å². The molecule has 3 nitrogen and oxygen atoms in total. The summed E-state index contributed by atoms with van der Waals surface area (Å²) in [5.41, 5.74) is 8.42. The fraction of sp³-hybridized carbons (Fsp3) is 0.133. The second-order valence-corrected chi connectivity index (χ2v) is 4.10. The maximum Gasteiger partial charge on any atom is 0.490 e. The summed E-state index contributed by atoms with van der Waals surface area (Å²) >= 11 is 0. The number of hydrogen-bond donors (Lipinski definition) is 2. The van der Waals surface area contributed by atoms with Crippen molar-refractivity contribution in [3.8, 4) is 0 Å². The number of alkyl halides is 3. The molecule has 2 rings (SSSR count). The van der Waals surface area contributed by atoms with Gasteiger partial charge in [0.25, 0.3) is 0 Å². The van der Waals surface area contributed by atoms with Crippen molar-refractivity contribution >= 4 is 5.97 Å². The summed E-state index contributed by atoms with van der Waals surface area (Å²) in [6.45, 7) is 0. The van der Waals surface area contributed by atoms with E-state index < -0.39 is 12.1 Å². The Kier molecular flexibility index (Phi) is 5.92. The lowest BCUT2D eigenvalue weighted by molar-refractivity contribution is -0.192. The number of hydrogen-bond acceptors (Lipinski definition) is 2. The molecule has 0 atom stereocenters. The van der Waals surface area contributed by atoms with Gasteiger partial charge >= 0.3 is 12.1 Å². The number of rotatable bonds is 2. The molecule has 0 aromatic heterocycles. The van der Waals surface area contributed by atoms with Crippen LogP contribution in [0.4, 0.5) is 13.2 Å². The van der Waals surface area contributed by atoms with Crippen LogP contribution < -0.4 is 5.73 Å². The number of carboxylic acids is 1. The highest BCUT2D eigenvalue weighted by Crippen LogP contribution is 2.18. The molecule has 0 aliphatic rings. The van der Waals surface area contributed by atoms with Gasteiger partial charge < -0.3 is 10.8 Å². The molecule has 0 aliphatic carbocycles. The van der Waals surface area contributed by atoms with Crippen molar-refractivity contribution in [3.63, 3.8) is 0 Å². The minimum absolute atomic E-state index is 0.0163. The van der Waals surface area contributed by atoms with E-state index in [1.807, 2.05) is 36.4 Å². The minimum Gasteiger partial charge on any atom is -0.475 e. The van der Waals surface area contributed by atoms with Gasteiger partial charge in [-0.05, 0) is 11.1 Å². The second-order valence-electron chi connectivity index (χ2n) is 4.10. The number of benzene rings is 2. The van der Waals surface area contributed by atoms with Gasteiger partial charge in [-0.2, -0.15) is 13.2 Å². The molecule has 0 amide bonds. The smallest absolute Gasteiger partial charge is 0.475 e. The van der Waals surface area contributed by atoms with Crippen molar-refractivity contribution < 1.29 is 23.1 Å². The Morgan fingerprint density at radius 3 is 1.43 bits per heavy atom. The Bertz CT molecular complexity index is 517. The molecule has 21 heavy (non-hydrogen) atoms. The van der Waals surface area contributed by atoms with Crippen LogP contribution in [0.1, 0.15) is 17.2 Å². The van der Waals surface area contributed by atoms with E-state index in [-0.39, 0.29) is 6.04 Å². The number of nitrogens with two attached hydrogens (primary N) is 1. The van der Waals surface area contributed by atoms with Crippen LogP contribution in [0.25, 0.3) is 0 Å². The number of halogens is 3. The second kappa shape index (κ2) is 7.44. The van der Waals surface area contributed by atoms with E-state index in [1.54, 1.807) is 0 Å². The van der Waals surface area contributed by atoms with Crippen molar-refractivity contribution in [1.29, 1.82) is 0 Å². The molecule has 0 radical (unpaired) electrons. The molecule has 0 saturated carbocycles. The summed E-state index contributed by atoms with van der Waals surface area (Å²) in [4.78, 5) is 8.90. The van der Waals surface area contributed by atoms with E-state index in [1.165, 1.54) is 0 Å². The molecule has 0 aliphatic heterocycles. The first-order valence-corrected chi connectivity index (χ1v) is 5.98. The molecule has 0 heterocycles. The van der Waals surface area contributed by atoms with Gasteiger partial charge in [-0.3, -0.25) is 0 Å². The molecule has 112 valence electrons. The van der Waals surface area contributed by atoms with E-state index in [0.717, 1.165) is 11.1 Å². The molecule has 0 fully saturated rings. The van der Waals surface area contributed by atoms with Crippen LogP contribution in [-0.4, -0.2) is 17.3 Å².